The number of aryl methyl sites for hydroxylation is 2. The Kier molecular flexibility index (Phi) is 13.3. The number of rotatable bonds is 6. The zero-order valence-electron chi connectivity index (χ0n) is 13.4. The Balaban J connectivity index is 0.000000408. The van der Waals surface area contributed by atoms with Crippen LogP contribution < -0.4 is 0 Å². The summed E-state index contributed by atoms with van der Waals surface area (Å²) < 4.78 is 19.5. The zero-order valence-corrected chi connectivity index (χ0v) is 18.9. The number of carbonyl (C=O) groups is 2. The first-order valence-corrected chi connectivity index (χ1v) is 12.6. The van der Waals surface area contributed by atoms with Gasteiger partial charge in [0.25, 0.3) is 0 Å². The highest BCUT2D eigenvalue weighted by atomic mass is 36.0. The highest BCUT2D eigenvalue weighted by Crippen LogP contribution is 2.31. The topological polar surface area (TPSA) is 109 Å². The molecular formula is C14H14Cl4O6S3. The Labute approximate surface area is 183 Å². The van der Waals surface area contributed by atoms with Crippen LogP contribution in [0.2, 0.25) is 8.67 Å². The Morgan fingerprint density at radius 3 is 1.93 bits per heavy atom. The van der Waals surface area contributed by atoms with Crippen molar-refractivity contribution in [1.82, 2.24) is 0 Å². The summed E-state index contributed by atoms with van der Waals surface area (Å²) in [5, 5.41) is 20.6. The standard InChI is InChI=1S/C7H6Cl2O2S.C7H8O2S.Cl2O2S/c8-5-3-4(7(9)12-5)1-2-6(10)11;8-7(9)2-1-6-3-4-10-5-6;1-5(2,3)4/h3H,1-2H2,(H,10,11);3-5H,1-2H2,(H,8,9);. The van der Waals surface area contributed by atoms with Gasteiger partial charge in [-0.1, -0.05) is 23.2 Å². The fourth-order valence-electron chi connectivity index (χ4n) is 1.47. The molecule has 0 saturated carbocycles. The molecule has 0 aromatic carbocycles. The van der Waals surface area contributed by atoms with Crippen molar-refractivity contribution in [2.45, 2.75) is 25.7 Å². The predicted molar refractivity (Wildman–Crippen MR) is 111 cm³/mol. The third-order valence-electron chi connectivity index (χ3n) is 2.54. The highest BCUT2D eigenvalue weighted by Gasteiger charge is 2.07. The number of hydrogen-bond donors (Lipinski definition) is 2. The SMILES string of the molecule is O=C(O)CCc1cc(Cl)sc1Cl.O=C(O)CCc1ccsc1.O=S(=O)(Cl)Cl. The molecule has 2 N–H and O–H groups in total. The van der Waals surface area contributed by atoms with Gasteiger partial charge >= 0.3 is 20.2 Å². The minimum atomic E-state index is -3.72. The van der Waals surface area contributed by atoms with E-state index in [2.05, 4.69) is 21.4 Å². The summed E-state index contributed by atoms with van der Waals surface area (Å²) >= 11 is 14.3. The summed E-state index contributed by atoms with van der Waals surface area (Å²) in [6, 6.07) is 3.66. The molecule has 2 aromatic rings. The van der Waals surface area contributed by atoms with E-state index in [-0.39, 0.29) is 12.8 Å². The second-order valence-corrected chi connectivity index (χ2v) is 11.4. The van der Waals surface area contributed by atoms with Gasteiger partial charge in [-0.2, -0.15) is 19.8 Å². The Bertz CT molecular complexity index is 810. The molecule has 0 amide bonds. The molecule has 0 bridgehead atoms. The first-order valence-electron chi connectivity index (χ1n) is 6.91. The van der Waals surface area contributed by atoms with E-state index in [1.54, 1.807) is 17.4 Å². The molecule has 2 rings (SSSR count). The van der Waals surface area contributed by atoms with E-state index < -0.39 is 20.2 Å². The summed E-state index contributed by atoms with van der Waals surface area (Å²) in [6.45, 7) is 0. The van der Waals surface area contributed by atoms with Crippen molar-refractivity contribution in [2.75, 3.05) is 0 Å². The summed E-state index contributed by atoms with van der Waals surface area (Å²) in [4.78, 5) is 20.3. The maximum absolute atomic E-state index is 10.2. The molecule has 0 spiro atoms. The van der Waals surface area contributed by atoms with Crippen molar-refractivity contribution in [1.29, 1.82) is 0 Å². The van der Waals surface area contributed by atoms with Crippen LogP contribution in [0, 0.1) is 0 Å². The van der Waals surface area contributed by atoms with E-state index in [4.69, 9.17) is 41.8 Å². The third kappa shape index (κ3) is 17.3. The van der Waals surface area contributed by atoms with Gasteiger partial charge in [-0.25, -0.2) is 0 Å². The van der Waals surface area contributed by atoms with Gasteiger partial charge < -0.3 is 10.2 Å². The van der Waals surface area contributed by atoms with Gasteiger partial charge in [-0.05, 0) is 46.9 Å². The number of halogens is 4. The van der Waals surface area contributed by atoms with Crippen LogP contribution in [-0.4, -0.2) is 30.6 Å². The van der Waals surface area contributed by atoms with E-state index in [0.29, 0.717) is 21.5 Å². The quantitative estimate of drug-likeness (QED) is 0.488. The van der Waals surface area contributed by atoms with E-state index in [1.807, 2.05) is 16.8 Å². The van der Waals surface area contributed by atoms with Gasteiger partial charge in [0.2, 0.25) is 0 Å². The maximum Gasteiger partial charge on any atom is 0.317 e. The van der Waals surface area contributed by atoms with Crippen LogP contribution >= 0.6 is 67.2 Å². The lowest BCUT2D eigenvalue weighted by Crippen LogP contribution is -1.96. The highest BCUT2D eigenvalue weighted by molar-refractivity contribution is 8.31. The number of hydrogen-bond acceptors (Lipinski definition) is 6. The average Bonchev–Trinajstić information content (AvgIpc) is 3.11. The van der Waals surface area contributed by atoms with Crippen LogP contribution in [0.3, 0.4) is 0 Å². The van der Waals surface area contributed by atoms with Crippen molar-refractivity contribution >= 4 is 87.4 Å². The molecule has 27 heavy (non-hydrogen) atoms. The normalized spacial score (nSPS) is 10.2. The van der Waals surface area contributed by atoms with Crippen LogP contribution in [0.15, 0.2) is 22.9 Å². The number of thiophene rings is 2. The van der Waals surface area contributed by atoms with Crippen LogP contribution in [-0.2, 0) is 30.7 Å². The lowest BCUT2D eigenvalue weighted by Gasteiger charge is -1.92. The number of carboxylic acids is 2. The van der Waals surface area contributed by atoms with Crippen molar-refractivity contribution in [2.24, 2.45) is 0 Å². The van der Waals surface area contributed by atoms with Crippen molar-refractivity contribution in [3.8, 4) is 0 Å². The molecule has 0 saturated heterocycles. The molecule has 0 atom stereocenters. The van der Waals surface area contributed by atoms with Gasteiger partial charge in [0.05, 0.1) is 8.67 Å². The summed E-state index contributed by atoms with van der Waals surface area (Å²) in [6.07, 6.45) is 1.42. The molecule has 0 radical (unpaired) electrons. The lowest BCUT2D eigenvalue weighted by molar-refractivity contribution is -0.138. The maximum atomic E-state index is 10.2. The molecule has 0 fully saturated rings. The Hall–Kier alpha value is -0.550. The lowest BCUT2D eigenvalue weighted by atomic mass is 10.2. The van der Waals surface area contributed by atoms with Gasteiger partial charge in [0, 0.05) is 34.2 Å². The van der Waals surface area contributed by atoms with Gasteiger partial charge in [-0.3, -0.25) is 9.59 Å². The van der Waals surface area contributed by atoms with Crippen LogP contribution in [0.5, 0.6) is 0 Å². The fourth-order valence-corrected chi connectivity index (χ4v) is 3.72. The Morgan fingerprint density at radius 2 is 1.56 bits per heavy atom. The van der Waals surface area contributed by atoms with Gasteiger partial charge in [0.1, 0.15) is 0 Å². The molecule has 2 heterocycles. The van der Waals surface area contributed by atoms with Crippen molar-refractivity contribution < 1.29 is 28.2 Å². The molecular weight excluding hydrogens is 502 g/mol. The minimum Gasteiger partial charge on any atom is -0.481 e. The second-order valence-electron chi connectivity index (χ2n) is 4.65. The van der Waals surface area contributed by atoms with Gasteiger partial charge in [0.15, 0.2) is 0 Å². The zero-order chi connectivity index (χ0) is 21.0. The molecule has 0 aliphatic rings. The van der Waals surface area contributed by atoms with E-state index in [1.165, 1.54) is 11.3 Å². The monoisotopic (exact) mass is 514 g/mol. The second kappa shape index (κ2) is 13.6. The minimum absolute atomic E-state index is 0.0901. The summed E-state index contributed by atoms with van der Waals surface area (Å²) in [5.74, 6) is -1.56. The average molecular weight is 516 g/mol. The summed E-state index contributed by atoms with van der Waals surface area (Å²) in [5.41, 5.74) is 1.93. The number of carboxylic acid groups (broad SMARTS) is 2. The van der Waals surface area contributed by atoms with Crippen LogP contribution in [0.1, 0.15) is 24.0 Å². The third-order valence-corrected chi connectivity index (χ3v) is 4.84. The predicted octanol–water partition coefficient (Wildman–Crippen LogP) is 5.55. The fraction of sp³-hybridized carbons (Fsp3) is 0.286. The molecule has 6 nitrogen and oxygen atoms in total. The molecule has 0 aliphatic heterocycles. The van der Waals surface area contributed by atoms with E-state index in [9.17, 15) is 9.59 Å². The smallest absolute Gasteiger partial charge is 0.317 e. The Morgan fingerprint density at radius 1 is 1.04 bits per heavy atom. The van der Waals surface area contributed by atoms with Crippen molar-refractivity contribution in [3.05, 3.63) is 42.7 Å². The van der Waals surface area contributed by atoms with E-state index >= 15 is 0 Å². The molecule has 2 aromatic heterocycles. The van der Waals surface area contributed by atoms with Crippen molar-refractivity contribution in [3.63, 3.8) is 0 Å². The van der Waals surface area contributed by atoms with Gasteiger partial charge in [-0.15, -0.1) is 11.3 Å². The molecule has 152 valence electrons. The largest absolute Gasteiger partial charge is 0.481 e. The van der Waals surface area contributed by atoms with E-state index in [0.717, 1.165) is 11.1 Å². The first kappa shape index (κ1) is 26.4. The number of aliphatic carboxylic acids is 2. The molecule has 0 unspecified atom stereocenters. The first-order chi connectivity index (χ1) is 12.4. The molecule has 0 aliphatic carbocycles. The summed E-state index contributed by atoms with van der Waals surface area (Å²) in [7, 11) is 4.81. The van der Waals surface area contributed by atoms with Crippen LogP contribution in [0.4, 0.5) is 0 Å². The van der Waals surface area contributed by atoms with Crippen LogP contribution in [0.25, 0.3) is 0 Å². The molecule has 13 heteroatoms.